The van der Waals surface area contributed by atoms with Crippen molar-refractivity contribution in [3.05, 3.63) is 46.9 Å². The molecular formula is C12H9ClN2O4. The summed E-state index contributed by atoms with van der Waals surface area (Å²) >= 11 is 5.67. The Hall–Kier alpha value is -2.47. The Kier molecular flexibility index (Phi) is 3.43. The number of benzene rings is 1. The molecule has 0 unspecified atom stereocenters. The molecule has 4 N–H and O–H groups in total. The summed E-state index contributed by atoms with van der Waals surface area (Å²) in [5.74, 6) is -1.59. The summed E-state index contributed by atoms with van der Waals surface area (Å²) in [7, 11) is 0. The minimum Gasteiger partial charge on any atom is -0.478 e. The molecule has 0 radical (unpaired) electrons. The van der Waals surface area contributed by atoms with Gasteiger partial charge in [0.25, 0.3) is 5.91 Å². The number of halogens is 1. The number of carboxylic acids is 1. The van der Waals surface area contributed by atoms with Crippen LogP contribution in [-0.2, 0) is 0 Å². The highest BCUT2D eigenvalue weighted by Gasteiger charge is 2.15. The van der Waals surface area contributed by atoms with Gasteiger partial charge in [-0.15, -0.1) is 0 Å². The lowest BCUT2D eigenvalue weighted by Gasteiger charge is -2.08. The zero-order valence-electron chi connectivity index (χ0n) is 9.51. The van der Waals surface area contributed by atoms with E-state index in [-0.39, 0.29) is 22.0 Å². The summed E-state index contributed by atoms with van der Waals surface area (Å²) in [4.78, 5) is 22.6. The van der Waals surface area contributed by atoms with Crippen molar-refractivity contribution in [2.75, 3.05) is 11.1 Å². The van der Waals surface area contributed by atoms with Crippen LogP contribution in [0.25, 0.3) is 0 Å². The Morgan fingerprint density at radius 1 is 1.32 bits per heavy atom. The molecule has 0 bridgehead atoms. The first-order valence-electron chi connectivity index (χ1n) is 5.16. The molecular weight excluding hydrogens is 272 g/mol. The van der Waals surface area contributed by atoms with Crippen LogP contribution in [-0.4, -0.2) is 17.0 Å². The molecule has 1 heterocycles. The number of nitrogens with one attached hydrogen (secondary N) is 1. The third-order valence-corrected chi connectivity index (χ3v) is 2.70. The van der Waals surface area contributed by atoms with Gasteiger partial charge in [0, 0.05) is 0 Å². The highest BCUT2D eigenvalue weighted by Crippen LogP contribution is 2.23. The topological polar surface area (TPSA) is 106 Å². The maximum absolute atomic E-state index is 11.8. The van der Waals surface area contributed by atoms with Crippen molar-refractivity contribution in [1.29, 1.82) is 0 Å². The van der Waals surface area contributed by atoms with E-state index in [0.717, 1.165) is 0 Å². The lowest BCUT2D eigenvalue weighted by atomic mass is 10.1. The van der Waals surface area contributed by atoms with E-state index in [1.165, 1.54) is 30.5 Å². The number of anilines is 2. The van der Waals surface area contributed by atoms with E-state index in [4.69, 9.17) is 26.9 Å². The second kappa shape index (κ2) is 5.03. The van der Waals surface area contributed by atoms with Crippen LogP contribution < -0.4 is 11.1 Å². The van der Waals surface area contributed by atoms with Crippen LogP contribution in [0.4, 0.5) is 11.4 Å². The van der Waals surface area contributed by atoms with E-state index in [0.29, 0.717) is 5.69 Å². The zero-order chi connectivity index (χ0) is 14.0. The average Bonchev–Trinajstić information content (AvgIpc) is 2.77. The third-order valence-electron chi connectivity index (χ3n) is 2.41. The third kappa shape index (κ3) is 2.69. The average molecular weight is 281 g/mol. The predicted molar refractivity (Wildman–Crippen MR) is 69.5 cm³/mol. The Balaban J connectivity index is 2.23. The molecule has 1 aromatic heterocycles. The number of nitrogens with two attached hydrogens (primary N) is 1. The largest absolute Gasteiger partial charge is 0.478 e. The maximum atomic E-state index is 11.8. The number of aromatic carboxylic acids is 1. The highest BCUT2D eigenvalue weighted by atomic mass is 35.5. The van der Waals surface area contributed by atoms with Crippen molar-refractivity contribution < 1.29 is 19.1 Å². The van der Waals surface area contributed by atoms with Gasteiger partial charge in [-0.1, -0.05) is 0 Å². The summed E-state index contributed by atoms with van der Waals surface area (Å²) in [5, 5.41) is 11.3. The second-order valence-electron chi connectivity index (χ2n) is 3.67. The molecule has 98 valence electrons. The van der Waals surface area contributed by atoms with Gasteiger partial charge in [-0.3, -0.25) is 4.79 Å². The fourth-order valence-electron chi connectivity index (χ4n) is 1.45. The zero-order valence-corrected chi connectivity index (χ0v) is 10.3. The minimum absolute atomic E-state index is 0.0294. The molecule has 2 rings (SSSR count). The van der Waals surface area contributed by atoms with Crippen LogP contribution in [0, 0.1) is 0 Å². The quantitative estimate of drug-likeness (QED) is 0.749. The number of nitrogen functional groups attached to an aromatic ring is 1. The van der Waals surface area contributed by atoms with Gasteiger partial charge in [-0.25, -0.2) is 4.79 Å². The molecule has 0 aliphatic carbocycles. The number of carboxylic acid groups (broad SMARTS) is 1. The van der Waals surface area contributed by atoms with E-state index in [9.17, 15) is 9.59 Å². The smallest absolute Gasteiger partial charge is 0.335 e. The predicted octanol–water partition coefficient (Wildman–Crippen LogP) is 2.47. The summed E-state index contributed by atoms with van der Waals surface area (Å²) < 4.78 is 4.80. The lowest BCUT2D eigenvalue weighted by molar-refractivity contribution is 0.0697. The molecule has 2 aromatic rings. The van der Waals surface area contributed by atoms with E-state index in [1.807, 2.05) is 0 Å². The molecule has 0 saturated heterocycles. The summed E-state index contributed by atoms with van der Waals surface area (Å²) in [6, 6.07) is 5.42. The molecule has 6 nitrogen and oxygen atoms in total. The Bertz CT molecular complexity index is 651. The number of hydrogen-bond acceptors (Lipinski definition) is 4. The van der Waals surface area contributed by atoms with Crippen molar-refractivity contribution in [3.8, 4) is 0 Å². The number of furan rings is 1. The fourth-order valence-corrected chi connectivity index (χ4v) is 1.66. The number of carbonyl (C=O) groups excluding carboxylic acids is 1. The molecule has 1 amide bonds. The number of carbonyl (C=O) groups is 2. The molecule has 0 fully saturated rings. The maximum Gasteiger partial charge on any atom is 0.335 e. The number of rotatable bonds is 3. The first-order chi connectivity index (χ1) is 8.99. The van der Waals surface area contributed by atoms with Gasteiger partial charge in [0.05, 0.1) is 28.8 Å². The fraction of sp³-hybridized carbons (Fsp3) is 0. The van der Waals surface area contributed by atoms with Crippen LogP contribution in [0.15, 0.2) is 34.9 Å². The van der Waals surface area contributed by atoms with E-state index >= 15 is 0 Å². The molecule has 0 saturated carbocycles. The van der Waals surface area contributed by atoms with Crippen LogP contribution in [0.3, 0.4) is 0 Å². The molecule has 0 aliphatic heterocycles. The van der Waals surface area contributed by atoms with Gasteiger partial charge in [0.2, 0.25) is 5.22 Å². The summed E-state index contributed by atoms with van der Waals surface area (Å²) in [6.07, 6.45) is 1.29. The molecule has 19 heavy (non-hydrogen) atoms. The summed E-state index contributed by atoms with van der Waals surface area (Å²) in [5.41, 5.74) is 6.32. The van der Waals surface area contributed by atoms with E-state index < -0.39 is 11.9 Å². The van der Waals surface area contributed by atoms with Crippen LogP contribution in [0.2, 0.25) is 5.22 Å². The van der Waals surface area contributed by atoms with Gasteiger partial charge in [-0.2, -0.15) is 0 Å². The van der Waals surface area contributed by atoms with Crippen LogP contribution in [0.5, 0.6) is 0 Å². The number of hydrogen-bond donors (Lipinski definition) is 3. The lowest BCUT2D eigenvalue weighted by Crippen LogP contribution is -2.13. The van der Waals surface area contributed by atoms with Gasteiger partial charge < -0.3 is 20.6 Å². The Morgan fingerprint density at radius 2 is 2.05 bits per heavy atom. The molecule has 0 atom stereocenters. The minimum atomic E-state index is -1.09. The molecule has 1 aromatic carbocycles. The SMILES string of the molecule is Nc1cc(C(=O)O)ccc1NC(=O)c1ccoc1Cl. The van der Waals surface area contributed by atoms with E-state index in [2.05, 4.69) is 5.32 Å². The van der Waals surface area contributed by atoms with Crippen LogP contribution in [0.1, 0.15) is 20.7 Å². The van der Waals surface area contributed by atoms with E-state index in [1.54, 1.807) is 0 Å². The number of amides is 1. The summed E-state index contributed by atoms with van der Waals surface area (Å²) in [6.45, 7) is 0. The van der Waals surface area contributed by atoms with Crippen LogP contribution >= 0.6 is 11.6 Å². The van der Waals surface area contributed by atoms with Gasteiger partial charge in [0.15, 0.2) is 0 Å². The monoisotopic (exact) mass is 280 g/mol. The first-order valence-corrected chi connectivity index (χ1v) is 5.54. The normalized spacial score (nSPS) is 10.2. The standard InChI is InChI=1S/C12H9ClN2O4/c13-10-7(3-4-19-10)11(16)15-9-2-1-6(12(17)18)5-8(9)14/h1-5H,14H2,(H,15,16)(H,17,18). The first kappa shape index (κ1) is 13.0. The Morgan fingerprint density at radius 3 is 2.58 bits per heavy atom. The van der Waals surface area contributed by atoms with Crippen molar-refractivity contribution in [2.45, 2.75) is 0 Å². The molecule has 0 aliphatic rings. The molecule has 0 spiro atoms. The van der Waals surface area contributed by atoms with Gasteiger partial charge >= 0.3 is 5.97 Å². The van der Waals surface area contributed by atoms with Crippen molar-refractivity contribution >= 4 is 34.9 Å². The van der Waals surface area contributed by atoms with Gasteiger partial charge in [0.1, 0.15) is 0 Å². The van der Waals surface area contributed by atoms with Crippen molar-refractivity contribution in [1.82, 2.24) is 0 Å². The van der Waals surface area contributed by atoms with Crippen molar-refractivity contribution in [2.24, 2.45) is 0 Å². The second-order valence-corrected chi connectivity index (χ2v) is 4.01. The highest BCUT2D eigenvalue weighted by molar-refractivity contribution is 6.32. The Labute approximate surface area is 112 Å². The van der Waals surface area contributed by atoms with Gasteiger partial charge in [-0.05, 0) is 35.9 Å². The van der Waals surface area contributed by atoms with Crippen molar-refractivity contribution in [3.63, 3.8) is 0 Å². The molecule has 7 heteroatoms.